The zero-order valence-electron chi connectivity index (χ0n) is 21.9. The number of benzene rings is 1. The number of aryl methyl sites for hydroxylation is 1. The number of aliphatic hydroxyl groups is 1. The van der Waals surface area contributed by atoms with Crippen molar-refractivity contribution >= 4 is 10.9 Å². The largest absolute Gasteiger partial charge is 0.433 e. The standard InChI is InChI=1S/C28H32F3N7O/c1-15(33-20-10-5-11-21(20)39)24-26-19(13-22(34-24)28(29,30)31)25(35-36-26)18-9-4-8-17(12-18)23(16-6-3-7-16)27-37-32-14-38(27)2/h4,8-9,12-16,20-21,23,33,39H,3,5-7,10-11H2,1-2H3,(H,35,36)/t15-,20+,21-,23+/m0/s1. The number of hydrogen-bond donors (Lipinski definition) is 3. The van der Waals surface area contributed by atoms with Crippen molar-refractivity contribution in [1.29, 1.82) is 0 Å². The number of aliphatic hydroxyl groups excluding tert-OH is 1. The van der Waals surface area contributed by atoms with Crippen LogP contribution >= 0.6 is 0 Å². The normalized spacial score (nSPS) is 21.8. The van der Waals surface area contributed by atoms with Gasteiger partial charge in [-0.25, -0.2) is 4.98 Å². The van der Waals surface area contributed by atoms with E-state index in [0.717, 1.165) is 48.7 Å². The lowest BCUT2D eigenvalue weighted by Gasteiger charge is -2.33. The van der Waals surface area contributed by atoms with E-state index in [2.05, 4.69) is 30.7 Å². The average molecular weight is 540 g/mol. The number of halogens is 3. The summed E-state index contributed by atoms with van der Waals surface area (Å²) in [4.78, 5) is 4.02. The fourth-order valence-corrected chi connectivity index (χ4v) is 6.11. The first kappa shape index (κ1) is 25.9. The molecular formula is C28H32F3N7O. The summed E-state index contributed by atoms with van der Waals surface area (Å²) in [6.07, 6.45) is 2.23. The summed E-state index contributed by atoms with van der Waals surface area (Å²) in [7, 11) is 1.93. The van der Waals surface area contributed by atoms with E-state index >= 15 is 0 Å². The number of H-pyrrole nitrogens is 1. The van der Waals surface area contributed by atoms with Gasteiger partial charge in [0.25, 0.3) is 0 Å². The number of aromatic nitrogens is 6. The lowest BCUT2D eigenvalue weighted by Crippen LogP contribution is -2.37. The molecule has 11 heteroatoms. The van der Waals surface area contributed by atoms with Gasteiger partial charge in [-0.1, -0.05) is 24.6 Å². The maximum atomic E-state index is 14.0. The highest BCUT2D eigenvalue weighted by Crippen LogP contribution is 2.44. The zero-order chi connectivity index (χ0) is 27.3. The van der Waals surface area contributed by atoms with Crippen molar-refractivity contribution in [1.82, 2.24) is 35.3 Å². The molecule has 4 aromatic rings. The highest BCUT2D eigenvalue weighted by Gasteiger charge is 2.36. The van der Waals surface area contributed by atoms with Crippen LogP contribution in [0.4, 0.5) is 13.2 Å². The third kappa shape index (κ3) is 4.82. The van der Waals surface area contributed by atoms with Crippen LogP contribution in [-0.4, -0.2) is 47.2 Å². The van der Waals surface area contributed by atoms with Gasteiger partial charge in [0.2, 0.25) is 0 Å². The molecule has 1 aromatic carbocycles. The number of pyridine rings is 1. The van der Waals surface area contributed by atoms with Gasteiger partial charge in [-0.05, 0) is 62.6 Å². The van der Waals surface area contributed by atoms with Crippen molar-refractivity contribution in [2.24, 2.45) is 13.0 Å². The van der Waals surface area contributed by atoms with Crippen molar-refractivity contribution in [2.75, 3.05) is 0 Å². The first-order chi connectivity index (χ1) is 18.7. The minimum absolute atomic E-state index is 0.0430. The van der Waals surface area contributed by atoms with E-state index in [4.69, 9.17) is 0 Å². The molecule has 0 saturated heterocycles. The van der Waals surface area contributed by atoms with Crippen molar-refractivity contribution in [3.8, 4) is 11.3 Å². The Hall–Kier alpha value is -3.31. The van der Waals surface area contributed by atoms with E-state index < -0.39 is 24.0 Å². The lowest BCUT2D eigenvalue weighted by atomic mass is 9.72. The average Bonchev–Trinajstić information content (AvgIpc) is 3.60. The predicted octanol–water partition coefficient (Wildman–Crippen LogP) is 5.27. The summed E-state index contributed by atoms with van der Waals surface area (Å²) in [5.41, 5.74) is 1.94. The molecular weight excluding hydrogens is 507 g/mol. The number of nitrogens with one attached hydrogen (secondary N) is 2. The smallest absolute Gasteiger partial charge is 0.392 e. The van der Waals surface area contributed by atoms with Gasteiger partial charge in [0.1, 0.15) is 23.5 Å². The topological polar surface area (TPSA) is 105 Å². The molecule has 0 radical (unpaired) electrons. The molecule has 2 aliphatic rings. The molecule has 206 valence electrons. The van der Waals surface area contributed by atoms with Crippen LogP contribution in [0, 0.1) is 5.92 Å². The van der Waals surface area contributed by atoms with E-state index in [0.29, 0.717) is 28.9 Å². The van der Waals surface area contributed by atoms with Crippen LogP contribution in [-0.2, 0) is 13.2 Å². The molecule has 3 heterocycles. The Kier molecular flexibility index (Phi) is 6.66. The molecule has 6 rings (SSSR count). The lowest BCUT2D eigenvalue weighted by molar-refractivity contribution is -0.141. The van der Waals surface area contributed by atoms with Crippen LogP contribution in [0.15, 0.2) is 36.7 Å². The monoisotopic (exact) mass is 539 g/mol. The zero-order valence-corrected chi connectivity index (χ0v) is 21.9. The molecule has 0 spiro atoms. The van der Waals surface area contributed by atoms with Crippen molar-refractivity contribution in [3.63, 3.8) is 0 Å². The van der Waals surface area contributed by atoms with Gasteiger partial charge in [0.05, 0.1) is 17.3 Å². The Labute approximate surface area is 224 Å². The molecule has 0 unspecified atom stereocenters. The minimum Gasteiger partial charge on any atom is -0.392 e. The third-order valence-corrected chi connectivity index (χ3v) is 8.39. The van der Waals surface area contributed by atoms with Gasteiger partial charge in [-0.15, -0.1) is 10.2 Å². The number of aromatic amines is 1. The maximum Gasteiger partial charge on any atom is 0.433 e. The van der Waals surface area contributed by atoms with E-state index in [-0.39, 0.29) is 17.7 Å². The van der Waals surface area contributed by atoms with Crippen molar-refractivity contribution < 1.29 is 18.3 Å². The molecule has 39 heavy (non-hydrogen) atoms. The van der Waals surface area contributed by atoms with Gasteiger partial charge in [0, 0.05) is 36.0 Å². The molecule has 4 atom stereocenters. The quantitative estimate of drug-likeness (QED) is 0.296. The fourth-order valence-electron chi connectivity index (χ4n) is 6.11. The summed E-state index contributed by atoms with van der Waals surface area (Å²) < 4.78 is 43.9. The SMILES string of the molecule is C[C@H](N[C@@H]1CCC[C@@H]1O)c1nc(C(F)(F)F)cc2c(-c3cccc([C@H](c4nncn4C)C4CCC4)c3)n[nH]c12. The second-order valence-corrected chi connectivity index (χ2v) is 11.0. The molecule has 2 aliphatic carbocycles. The number of nitrogens with zero attached hydrogens (tertiary/aromatic N) is 5. The summed E-state index contributed by atoms with van der Waals surface area (Å²) in [6, 6.07) is 8.22. The molecule has 2 saturated carbocycles. The third-order valence-electron chi connectivity index (χ3n) is 8.39. The Morgan fingerprint density at radius 1 is 1.13 bits per heavy atom. The summed E-state index contributed by atoms with van der Waals surface area (Å²) in [6.45, 7) is 1.78. The Morgan fingerprint density at radius 3 is 2.56 bits per heavy atom. The van der Waals surface area contributed by atoms with E-state index in [1.807, 2.05) is 35.9 Å². The molecule has 2 fully saturated rings. The Bertz CT molecular complexity index is 1480. The van der Waals surface area contributed by atoms with E-state index in [1.54, 1.807) is 13.3 Å². The van der Waals surface area contributed by atoms with Crippen LogP contribution in [0.5, 0.6) is 0 Å². The van der Waals surface area contributed by atoms with Gasteiger partial charge in [-0.3, -0.25) is 5.10 Å². The predicted molar refractivity (Wildman–Crippen MR) is 140 cm³/mol. The number of alkyl halides is 3. The summed E-state index contributed by atoms with van der Waals surface area (Å²) >= 11 is 0. The van der Waals surface area contributed by atoms with Gasteiger partial charge in [-0.2, -0.15) is 18.3 Å². The molecule has 3 N–H and O–H groups in total. The highest BCUT2D eigenvalue weighted by molar-refractivity contribution is 5.94. The number of rotatable bonds is 7. The molecule has 3 aromatic heterocycles. The highest BCUT2D eigenvalue weighted by atomic mass is 19.4. The first-order valence-electron chi connectivity index (χ1n) is 13.5. The number of fused-ring (bicyclic) bond motifs is 1. The second kappa shape index (κ2) is 10.0. The minimum atomic E-state index is -4.62. The Balaban J connectivity index is 1.43. The van der Waals surface area contributed by atoms with Crippen LogP contribution in [0.25, 0.3) is 22.2 Å². The molecule has 0 amide bonds. The van der Waals surface area contributed by atoms with Gasteiger partial charge >= 0.3 is 6.18 Å². The molecule has 0 aliphatic heterocycles. The van der Waals surface area contributed by atoms with Gasteiger partial charge < -0.3 is 15.0 Å². The van der Waals surface area contributed by atoms with Crippen molar-refractivity contribution in [3.05, 3.63) is 59.4 Å². The first-order valence-corrected chi connectivity index (χ1v) is 13.5. The summed E-state index contributed by atoms with van der Waals surface area (Å²) in [5, 5.41) is 29.9. The fraction of sp³-hybridized carbons (Fsp3) is 0.500. The van der Waals surface area contributed by atoms with Crippen molar-refractivity contribution in [2.45, 2.75) is 75.7 Å². The van der Waals surface area contributed by atoms with Crippen LogP contribution in [0.3, 0.4) is 0 Å². The maximum absolute atomic E-state index is 14.0. The van der Waals surface area contributed by atoms with Crippen LogP contribution < -0.4 is 5.32 Å². The van der Waals surface area contributed by atoms with Crippen LogP contribution in [0.2, 0.25) is 0 Å². The van der Waals surface area contributed by atoms with E-state index in [1.165, 1.54) is 6.42 Å². The van der Waals surface area contributed by atoms with Crippen LogP contribution in [0.1, 0.15) is 80.2 Å². The summed E-state index contributed by atoms with van der Waals surface area (Å²) in [5.74, 6) is 1.36. The van der Waals surface area contributed by atoms with Gasteiger partial charge in [0.15, 0.2) is 0 Å². The molecule has 8 nitrogen and oxygen atoms in total. The Morgan fingerprint density at radius 2 is 1.92 bits per heavy atom. The number of hydrogen-bond acceptors (Lipinski definition) is 6. The van der Waals surface area contributed by atoms with E-state index in [9.17, 15) is 18.3 Å². The molecule has 0 bridgehead atoms. The second-order valence-electron chi connectivity index (χ2n) is 11.0.